The molecule has 166 valence electrons. The Morgan fingerprint density at radius 2 is 1.59 bits per heavy atom. The molecule has 0 spiro atoms. The first-order valence-electron chi connectivity index (χ1n) is 9.81. The molecule has 3 rings (SSSR count). The van der Waals surface area contributed by atoms with Gasteiger partial charge in [-0.15, -0.1) is 0 Å². The van der Waals surface area contributed by atoms with E-state index in [2.05, 4.69) is 10.6 Å². The van der Waals surface area contributed by atoms with Crippen LogP contribution in [0.4, 0.5) is 17.6 Å². The first-order valence-corrected chi connectivity index (χ1v) is 9.81. The summed E-state index contributed by atoms with van der Waals surface area (Å²) in [6, 6.07) is 14.4. The van der Waals surface area contributed by atoms with E-state index in [4.69, 9.17) is 0 Å². The second-order valence-electron chi connectivity index (χ2n) is 7.01. The Balaban J connectivity index is 1.80. The van der Waals surface area contributed by atoms with Crippen molar-refractivity contribution < 1.29 is 27.2 Å². The van der Waals surface area contributed by atoms with E-state index in [1.807, 2.05) is 6.92 Å². The number of hydrogen-bond acceptors (Lipinski definition) is 2. The molecule has 3 aromatic carbocycles. The third-order valence-corrected chi connectivity index (χ3v) is 4.73. The number of halogens is 4. The van der Waals surface area contributed by atoms with E-state index >= 15 is 0 Å². The van der Waals surface area contributed by atoms with E-state index in [0.717, 1.165) is 24.3 Å². The molecular formula is C24H20F4N2O2. The van der Waals surface area contributed by atoms with Crippen molar-refractivity contribution in [2.24, 2.45) is 0 Å². The van der Waals surface area contributed by atoms with Gasteiger partial charge in [-0.25, -0.2) is 4.39 Å². The average molecular weight is 444 g/mol. The number of benzene rings is 3. The van der Waals surface area contributed by atoms with E-state index in [1.54, 1.807) is 24.3 Å². The van der Waals surface area contributed by atoms with Crippen molar-refractivity contribution in [2.45, 2.75) is 19.6 Å². The lowest BCUT2D eigenvalue weighted by Crippen LogP contribution is -2.24. The Labute approximate surface area is 182 Å². The van der Waals surface area contributed by atoms with Crippen LogP contribution in [0, 0.1) is 5.82 Å². The molecule has 0 radical (unpaired) electrons. The van der Waals surface area contributed by atoms with Gasteiger partial charge in [0.15, 0.2) is 0 Å². The maximum Gasteiger partial charge on any atom is 0.416 e. The third-order valence-electron chi connectivity index (χ3n) is 4.73. The van der Waals surface area contributed by atoms with Gasteiger partial charge in [0, 0.05) is 18.7 Å². The first kappa shape index (κ1) is 23.0. The zero-order valence-electron chi connectivity index (χ0n) is 17.1. The number of rotatable bonds is 6. The Bertz CT molecular complexity index is 1130. The SMILES string of the molecule is CCNC(=O)c1ccc(CNC(=O)c2cc(F)ccc2-c2cccc(C(F)(F)F)c2)cc1. The molecule has 0 fully saturated rings. The number of alkyl halides is 3. The van der Waals surface area contributed by atoms with Crippen LogP contribution in [0.25, 0.3) is 11.1 Å². The van der Waals surface area contributed by atoms with Crippen LogP contribution in [-0.4, -0.2) is 18.4 Å². The van der Waals surface area contributed by atoms with Gasteiger partial charge in [-0.2, -0.15) is 13.2 Å². The van der Waals surface area contributed by atoms with Gasteiger partial charge in [0.2, 0.25) is 0 Å². The van der Waals surface area contributed by atoms with Gasteiger partial charge >= 0.3 is 6.18 Å². The molecule has 4 nitrogen and oxygen atoms in total. The quantitative estimate of drug-likeness (QED) is 0.514. The highest BCUT2D eigenvalue weighted by molar-refractivity contribution is 6.01. The fourth-order valence-electron chi connectivity index (χ4n) is 3.13. The van der Waals surface area contributed by atoms with Crippen LogP contribution < -0.4 is 10.6 Å². The Hall–Kier alpha value is -3.68. The van der Waals surface area contributed by atoms with Crippen LogP contribution in [0.2, 0.25) is 0 Å². The summed E-state index contributed by atoms with van der Waals surface area (Å²) in [7, 11) is 0. The molecule has 0 unspecified atom stereocenters. The van der Waals surface area contributed by atoms with Crippen molar-refractivity contribution in [3.63, 3.8) is 0 Å². The Morgan fingerprint density at radius 1 is 0.875 bits per heavy atom. The molecule has 0 heterocycles. The molecule has 0 aliphatic heterocycles. The maximum atomic E-state index is 13.8. The van der Waals surface area contributed by atoms with E-state index < -0.39 is 23.5 Å². The lowest BCUT2D eigenvalue weighted by molar-refractivity contribution is -0.137. The summed E-state index contributed by atoms with van der Waals surface area (Å²) in [5.41, 5.74) is 0.557. The number of hydrogen-bond donors (Lipinski definition) is 2. The highest BCUT2D eigenvalue weighted by atomic mass is 19.4. The van der Waals surface area contributed by atoms with Crippen LogP contribution in [-0.2, 0) is 12.7 Å². The highest BCUT2D eigenvalue weighted by Gasteiger charge is 2.30. The normalized spacial score (nSPS) is 11.2. The van der Waals surface area contributed by atoms with Crippen molar-refractivity contribution >= 4 is 11.8 Å². The van der Waals surface area contributed by atoms with Gasteiger partial charge in [-0.3, -0.25) is 9.59 Å². The van der Waals surface area contributed by atoms with Crippen LogP contribution in [0.3, 0.4) is 0 Å². The molecule has 0 atom stereocenters. The number of amides is 2. The molecular weight excluding hydrogens is 424 g/mol. The van der Waals surface area contributed by atoms with Crippen LogP contribution in [0.15, 0.2) is 66.7 Å². The second-order valence-corrected chi connectivity index (χ2v) is 7.01. The van der Waals surface area contributed by atoms with Crippen LogP contribution in [0.1, 0.15) is 38.8 Å². The maximum absolute atomic E-state index is 13.8. The van der Waals surface area contributed by atoms with Crippen molar-refractivity contribution in [3.05, 3.63) is 94.8 Å². The summed E-state index contributed by atoms with van der Waals surface area (Å²) >= 11 is 0. The monoisotopic (exact) mass is 444 g/mol. The summed E-state index contributed by atoms with van der Waals surface area (Å²) in [5, 5.41) is 5.32. The number of carbonyl (C=O) groups is 2. The summed E-state index contributed by atoms with van der Waals surface area (Å²) in [6.45, 7) is 2.40. The third kappa shape index (κ3) is 5.51. The fraction of sp³-hybridized carbons (Fsp3) is 0.167. The molecule has 0 bridgehead atoms. The molecule has 8 heteroatoms. The molecule has 0 aliphatic rings. The summed E-state index contributed by atoms with van der Waals surface area (Å²) in [5.74, 6) is -1.53. The first-order chi connectivity index (χ1) is 15.2. The van der Waals surface area contributed by atoms with Crippen molar-refractivity contribution in [3.8, 4) is 11.1 Å². The predicted molar refractivity (Wildman–Crippen MR) is 112 cm³/mol. The Kier molecular flexibility index (Phi) is 6.92. The van der Waals surface area contributed by atoms with E-state index in [-0.39, 0.29) is 29.1 Å². The zero-order valence-corrected chi connectivity index (χ0v) is 17.1. The van der Waals surface area contributed by atoms with E-state index in [0.29, 0.717) is 17.7 Å². The molecule has 32 heavy (non-hydrogen) atoms. The van der Waals surface area contributed by atoms with E-state index in [1.165, 1.54) is 18.2 Å². The highest BCUT2D eigenvalue weighted by Crippen LogP contribution is 2.33. The van der Waals surface area contributed by atoms with Crippen molar-refractivity contribution in [1.29, 1.82) is 0 Å². The largest absolute Gasteiger partial charge is 0.416 e. The van der Waals surface area contributed by atoms with Gasteiger partial charge < -0.3 is 10.6 Å². The summed E-state index contributed by atoms with van der Waals surface area (Å²) in [4.78, 5) is 24.6. The number of carbonyl (C=O) groups excluding carboxylic acids is 2. The Morgan fingerprint density at radius 3 is 2.25 bits per heavy atom. The molecule has 2 amide bonds. The molecule has 0 saturated carbocycles. The minimum Gasteiger partial charge on any atom is -0.352 e. The van der Waals surface area contributed by atoms with Crippen molar-refractivity contribution in [2.75, 3.05) is 6.54 Å². The van der Waals surface area contributed by atoms with Gasteiger partial charge in [-0.1, -0.05) is 30.3 Å². The van der Waals surface area contributed by atoms with Gasteiger partial charge in [0.25, 0.3) is 11.8 Å². The lowest BCUT2D eigenvalue weighted by atomic mass is 9.97. The van der Waals surface area contributed by atoms with Gasteiger partial charge in [0.05, 0.1) is 11.1 Å². The van der Waals surface area contributed by atoms with Crippen LogP contribution in [0.5, 0.6) is 0 Å². The average Bonchev–Trinajstić information content (AvgIpc) is 2.77. The molecule has 2 N–H and O–H groups in total. The van der Waals surface area contributed by atoms with E-state index in [9.17, 15) is 27.2 Å². The predicted octanol–water partition coefficient (Wildman–Crippen LogP) is 5.19. The van der Waals surface area contributed by atoms with Crippen molar-refractivity contribution in [1.82, 2.24) is 10.6 Å². The minimum absolute atomic E-state index is 0.0803. The van der Waals surface area contributed by atoms with Crippen LogP contribution >= 0.6 is 0 Å². The second kappa shape index (κ2) is 9.64. The lowest BCUT2D eigenvalue weighted by Gasteiger charge is -2.13. The van der Waals surface area contributed by atoms with Gasteiger partial charge in [-0.05, 0) is 60.0 Å². The zero-order chi connectivity index (χ0) is 23.3. The number of nitrogens with one attached hydrogen (secondary N) is 2. The summed E-state index contributed by atoms with van der Waals surface area (Å²) < 4.78 is 53.1. The van der Waals surface area contributed by atoms with Gasteiger partial charge in [0.1, 0.15) is 5.82 Å². The standard InChI is InChI=1S/C24H20F4N2O2/c1-2-29-22(31)16-8-6-15(7-9-16)14-30-23(32)21-13-19(25)10-11-20(21)17-4-3-5-18(12-17)24(26,27)28/h3-13H,2,14H2,1H3,(H,29,31)(H,30,32). The fourth-order valence-corrected chi connectivity index (χ4v) is 3.13. The molecule has 0 aliphatic carbocycles. The molecule has 3 aromatic rings. The topological polar surface area (TPSA) is 58.2 Å². The molecule has 0 aromatic heterocycles. The smallest absolute Gasteiger partial charge is 0.352 e. The summed E-state index contributed by atoms with van der Waals surface area (Å²) in [6.07, 6.45) is -4.54. The minimum atomic E-state index is -4.54. The molecule has 0 saturated heterocycles.